The lowest BCUT2D eigenvalue weighted by Crippen LogP contribution is -1.90. The van der Waals surface area contributed by atoms with Crippen LogP contribution < -0.4 is 0 Å². The summed E-state index contributed by atoms with van der Waals surface area (Å²) in [5.74, 6) is 0. The Morgan fingerprint density at radius 1 is 0.778 bits per heavy atom. The van der Waals surface area contributed by atoms with Crippen LogP contribution in [-0.2, 0) is 10.7 Å². The van der Waals surface area contributed by atoms with Crippen molar-refractivity contribution in [2.75, 3.05) is 0 Å². The Morgan fingerprint density at radius 3 is 1.50 bits per heavy atom. The van der Waals surface area contributed by atoms with E-state index in [0.29, 0.717) is 0 Å². The Balaban J connectivity index is 0.00000144. The molecule has 0 saturated heterocycles. The summed E-state index contributed by atoms with van der Waals surface area (Å²) in [6.45, 7) is 0. The van der Waals surface area contributed by atoms with Crippen LogP contribution in [0.3, 0.4) is 0 Å². The van der Waals surface area contributed by atoms with E-state index in [1.807, 2.05) is 24.5 Å². The van der Waals surface area contributed by atoms with Crippen molar-refractivity contribution < 1.29 is 0 Å². The molecular formula is C12H12Br4N2. The van der Waals surface area contributed by atoms with Crippen molar-refractivity contribution in [1.29, 1.82) is 0 Å². The molecule has 2 rings (SSSR count). The third-order valence-corrected chi connectivity index (χ3v) is 3.51. The van der Waals surface area contributed by atoms with Gasteiger partial charge in [-0.25, -0.2) is 0 Å². The molecule has 0 aliphatic heterocycles. The zero-order valence-corrected chi connectivity index (χ0v) is 15.9. The van der Waals surface area contributed by atoms with Gasteiger partial charge in [-0.1, -0.05) is 31.9 Å². The number of nitrogens with zero attached hydrogens (tertiary/aromatic N) is 2. The minimum absolute atomic E-state index is 0. The van der Waals surface area contributed by atoms with E-state index in [9.17, 15) is 0 Å². The zero-order valence-electron chi connectivity index (χ0n) is 9.35. The van der Waals surface area contributed by atoms with E-state index in [0.717, 1.165) is 22.0 Å². The molecule has 0 aliphatic carbocycles. The van der Waals surface area contributed by atoms with Gasteiger partial charge in [0.2, 0.25) is 0 Å². The summed E-state index contributed by atoms with van der Waals surface area (Å²) < 4.78 is 0. The maximum atomic E-state index is 4.33. The molecule has 0 aromatic carbocycles. The third-order valence-electron chi connectivity index (χ3n) is 2.22. The smallest absolute Gasteiger partial charge is 0.0889 e. The molecule has 0 radical (unpaired) electrons. The lowest BCUT2D eigenvalue weighted by atomic mass is 10.1. The zero-order chi connectivity index (χ0) is 11.4. The molecule has 0 saturated carbocycles. The maximum Gasteiger partial charge on any atom is 0.0889 e. The fraction of sp³-hybridized carbons (Fsp3) is 0.167. The molecule has 0 spiro atoms. The van der Waals surface area contributed by atoms with E-state index in [4.69, 9.17) is 0 Å². The van der Waals surface area contributed by atoms with E-state index in [2.05, 4.69) is 54.0 Å². The van der Waals surface area contributed by atoms with Gasteiger partial charge in [-0.15, -0.1) is 34.0 Å². The molecule has 0 amide bonds. The summed E-state index contributed by atoms with van der Waals surface area (Å²) in [5.41, 5.74) is 4.24. The van der Waals surface area contributed by atoms with Crippen molar-refractivity contribution in [3.05, 3.63) is 47.8 Å². The fourth-order valence-electron chi connectivity index (χ4n) is 1.39. The van der Waals surface area contributed by atoms with Gasteiger partial charge in [-0.2, -0.15) is 0 Å². The SMILES string of the molecule is Br.Br.BrCc1ccnc(-c2cc(CBr)ccn2)c1. The van der Waals surface area contributed by atoms with E-state index in [1.165, 1.54) is 11.1 Å². The van der Waals surface area contributed by atoms with Gasteiger partial charge >= 0.3 is 0 Å². The molecule has 2 aromatic rings. The van der Waals surface area contributed by atoms with E-state index < -0.39 is 0 Å². The number of pyridine rings is 2. The molecule has 0 bridgehead atoms. The summed E-state index contributed by atoms with van der Waals surface area (Å²) in [6, 6.07) is 8.09. The number of hydrogen-bond donors (Lipinski definition) is 0. The maximum absolute atomic E-state index is 4.33. The molecule has 0 fully saturated rings. The largest absolute Gasteiger partial charge is 0.255 e. The number of alkyl halides is 2. The first-order chi connectivity index (χ1) is 7.83. The van der Waals surface area contributed by atoms with Crippen molar-refractivity contribution >= 4 is 65.8 Å². The second-order valence-electron chi connectivity index (χ2n) is 3.37. The van der Waals surface area contributed by atoms with Gasteiger partial charge in [0.05, 0.1) is 11.4 Å². The molecule has 6 heteroatoms. The van der Waals surface area contributed by atoms with Gasteiger partial charge in [0.1, 0.15) is 0 Å². The Bertz CT molecular complexity index is 446. The first-order valence-corrected chi connectivity index (χ1v) is 7.10. The van der Waals surface area contributed by atoms with Crippen LogP contribution in [-0.4, -0.2) is 9.97 Å². The van der Waals surface area contributed by atoms with E-state index in [-0.39, 0.29) is 34.0 Å². The topological polar surface area (TPSA) is 25.8 Å². The molecule has 98 valence electrons. The number of aromatic nitrogens is 2. The second kappa shape index (κ2) is 9.18. The van der Waals surface area contributed by atoms with Crippen molar-refractivity contribution in [3.8, 4) is 11.4 Å². The second-order valence-corrected chi connectivity index (χ2v) is 4.49. The average molecular weight is 504 g/mol. The summed E-state index contributed by atoms with van der Waals surface area (Å²) in [5, 5.41) is 1.67. The van der Waals surface area contributed by atoms with Crippen molar-refractivity contribution in [2.24, 2.45) is 0 Å². The summed E-state index contributed by atoms with van der Waals surface area (Å²) in [4.78, 5) is 8.67. The standard InChI is InChI=1S/C12H10Br2N2.2BrH/c13-7-9-1-3-15-11(5-9)12-6-10(8-14)2-4-16-12;;/h1-6H,7-8H2;2*1H. The summed E-state index contributed by atoms with van der Waals surface area (Å²) in [6.07, 6.45) is 3.63. The first kappa shape index (κ1) is 18.2. The lowest BCUT2D eigenvalue weighted by Gasteiger charge is -2.03. The van der Waals surface area contributed by atoms with E-state index in [1.54, 1.807) is 0 Å². The highest BCUT2D eigenvalue weighted by Crippen LogP contribution is 2.18. The monoisotopic (exact) mass is 500 g/mol. The quantitative estimate of drug-likeness (QED) is 0.545. The van der Waals surface area contributed by atoms with Crippen LogP contribution in [0.15, 0.2) is 36.7 Å². The minimum Gasteiger partial charge on any atom is -0.255 e. The van der Waals surface area contributed by atoms with Crippen LogP contribution in [0.1, 0.15) is 11.1 Å². The minimum atomic E-state index is 0. The average Bonchev–Trinajstić information content (AvgIpc) is 2.39. The fourth-order valence-corrected chi connectivity index (χ4v) is 2.09. The van der Waals surface area contributed by atoms with Gasteiger partial charge in [0.15, 0.2) is 0 Å². The molecular weight excluding hydrogens is 492 g/mol. The van der Waals surface area contributed by atoms with Crippen molar-refractivity contribution in [2.45, 2.75) is 10.7 Å². The number of hydrogen-bond acceptors (Lipinski definition) is 2. The van der Waals surface area contributed by atoms with Crippen molar-refractivity contribution in [3.63, 3.8) is 0 Å². The number of rotatable bonds is 3. The highest BCUT2D eigenvalue weighted by molar-refractivity contribution is 9.08. The van der Waals surface area contributed by atoms with Crippen LogP contribution in [0.2, 0.25) is 0 Å². The summed E-state index contributed by atoms with van der Waals surface area (Å²) >= 11 is 6.87. The molecule has 2 aromatic heterocycles. The molecule has 2 nitrogen and oxygen atoms in total. The molecule has 18 heavy (non-hydrogen) atoms. The van der Waals surface area contributed by atoms with Crippen LogP contribution in [0, 0.1) is 0 Å². The number of halogens is 4. The Morgan fingerprint density at radius 2 is 1.17 bits per heavy atom. The van der Waals surface area contributed by atoms with Crippen LogP contribution in [0.5, 0.6) is 0 Å². The van der Waals surface area contributed by atoms with Gasteiger partial charge in [-0.3, -0.25) is 9.97 Å². The molecule has 0 unspecified atom stereocenters. The van der Waals surface area contributed by atoms with Crippen LogP contribution >= 0.6 is 65.8 Å². The van der Waals surface area contributed by atoms with Gasteiger partial charge < -0.3 is 0 Å². The van der Waals surface area contributed by atoms with Crippen molar-refractivity contribution in [1.82, 2.24) is 9.97 Å². The lowest BCUT2D eigenvalue weighted by molar-refractivity contribution is 1.21. The van der Waals surface area contributed by atoms with Crippen LogP contribution in [0.4, 0.5) is 0 Å². The molecule has 0 N–H and O–H groups in total. The third kappa shape index (κ3) is 4.72. The Hall–Kier alpha value is 0.220. The highest BCUT2D eigenvalue weighted by Gasteiger charge is 2.02. The predicted molar refractivity (Wildman–Crippen MR) is 93.4 cm³/mol. The summed E-state index contributed by atoms with van der Waals surface area (Å²) in [7, 11) is 0. The molecule has 0 atom stereocenters. The van der Waals surface area contributed by atoms with E-state index >= 15 is 0 Å². The van der Waals surface area contributed by atoms with Gasteiger partial charge in [0.25, 0.3) is 0 Å². The highest BCUT2D eigenvalue weighted by atomic mass is 79.9. The Kier molecular flexibility index (Phi) is 9.29. The van der Waals surface area contributed by atoms with Gasteiger partial charge in [0, 0.05) is 23.1 Å². The Labute approximate surface area is 144 Å². The van der Waals surface area contributed by atoms with Crippen LogP contribution in [0.25, 0.3) is 11.4 Å². The molecule has 0 aliphatic rings. The first-order valence-electron chi connectivity index (χ1n) is 4.85. The van der Waals surface area contributed by atoms with Gasteiger partial charge in [-0.05, 0) is 35.4 Å². The molecule has 2 heterocycles. The normalized spacial score (nSPS) is 9.22. The predicted octanol–water partition coefficient (Wildman–Crippen LogP) is 5.09.